The van der Waals surface area contributed by atoms with E-state index < -0.39 is 0 Å². The summed E-state index contributed by atoms with van der Waals surface area (Å²) in [5.74, 6) is 0. The fourth-order valence-electron chi connectivity index (χ4n) is 1.15. The minimum atomic E-state index is 0.0758. The van der Waals surface area contributed by atoms with Crippen LogP contribution in [0.5, 0.6) is 0 Å². The van der Waals surface area contributed by atoms with Crippen LogP contribution in [-0.4, -0.2) is 12.6 Å². The van der Waals surface area contributed by atoms with Crippen molar-refractivity contribution >= 4 is 0 Å². The van der Waals surface area contributed by atoms with Crippen LogP contribution in [0.2, 0.25) is 0 Å². The summed E-state index contributed by atoms with van der Waals surface area (Å²) in [4.78, 5) is 0. The maximum atomic E-state index is 8.70. The molecule has 70 valence electrons. The second-order valence-electron chi connectivity index (χ2n) is 3.13. The Labute approximate surface area is 76.0 Å². The highest BCUT2D eigenvalue weighted by Crippen LogP contribution is 1.96. The lowest BCUT2D eigenvalue weighted by Gasteiger charge is -2.09. The molecule has 0 aromatic carbocycles. The van der Waals surface area contributed by atoms with Gasteiger partial charge in [-0.1, -0.05) is 33.1 Å². The molecule has 0 radical (unpaired) electrons. The minimum Gasteiger partial charge on any atom is -0.302 e. The Bertz CT molecular complexity index is 126. The Morgan fingerprint density at radius 1 is 1.25 bits per heavy atom. The Morgan fingerprint density at radius 2 is 2.00 bits per heavy atom. The van der Waals surface area contributed by atoms with E-state index in [9.17, 15) is 0 Å². The molecule has 0 saturated carbocycles. The number of nitrogens with one attached hydrogen (secondary N) is 1. The average Bonchev–Trinajstić information content (AvgIpc) is 2.10. The minimum absolute atomic E-state index is 0.0758. The van der Waals surface area contributed by atoms with Crippen molar-refractivity contribution in [1.82, 2.24) is 5.32 Å². The van der Waals surface area contributed by atoms with E-state index in [1.54, 1.807) is 0 Å². The average molecular weight is 168 g/mol. The first kappa shape index (κ1) is 11.4. The molecule has 0 aliphatic heterocycles. The summed E-state index contributed by atoms with van der Waals surface area (Å²) in [5, 5.41) is 11.9. The third-order valence-corrected chi connectivity index (χ3v) is 1.90. The molecule has 12 heavy (non-hydrogen) atoms. The molecule has 0 amide bonds. The molecule has 0 bridgehead atoms. The smallest absolute Gasteiger partial charge is 0.0952 e. The summed E-state index contributed by atoms with van der Waals surface area (Å²) >= 11 is 0. The van der Waals surface area contributed by atoms with E-state index in [1.807, 2.05) is 0 Å². The lowest BCUT2D eigenvalue weighted by molar-refractivity contribution is 0.535. The van der Waals surface area contributed by atoms with Crippen molar-refractivity contribution in [2.45, 2.75) is 52.0 Å². The van der Waals surface area contributed by atoms with Crippen LogP contribution in [0.3, 0.4) is 0 Å². The summed E-state index contributed by atoms with van der Waals surface area (Å²) in [6, 6.07) is 2.34. The molecule has 0 saturated heterocycles. The number of nitriles is 1. The van der Waals surface area contributed by atoms with Crippen molar-refractivity contribution in [2.75, 3.05) is 6.54 Å². The SMILES string of the molecule is CCCCCNC(C#N)CCC. The lowest BCUT2D eigenvalue weighted by Crippen LogP contribution is -2.28. The molecular weight excluding hydrogens is 148 g/mol. The molecule has 1 atom stereocenters. The maximum absolute atomic E-state index is 8.70. The molecule has 0 aromatic rings. The number of rotatable bonds is 7. The van der Waals surface area contributed by atoms with Crippen LogP contribution in [-0.2, 0) is 0 Å². The fraction of sp³-hybridized carbons (Fsp3) is 0.900. The highest BCUT2D eigenvalue weighted by molar-refractivity contribution is 4.88. The predicted octanol–water partition coefficient (Wildman–Crippen LogP) is 2.46. The summed E-state index contributed by atoms with van der Waals surface area (Å²) in [7, 11) is 0. The largest absolute Gasteiger partial charge is 0.302 e. The number of hydrogen-bond acceptors (Lipinski definition) is 2. The zero-order chi connectivity index (χ0) is 9.23. The van der Waals surface area contributed by atoms with E-state index in [2.05, 4.69) is 25.2 Å². The van der Waals surface area contributed by atoms with Crippen molar-refractivity contribution < 1.29 is 0 Å². The van der Waals surface area contributed by atoms with E-state index in [4.69, 9.17) is 5.26 Å². The Kier molecular flexibility index (Phi) is 8.15. The molecule has 1 unspecified atom stereocenters. The first-order chi connectivity index (χ1) is 5.85. The van der Waals surface area contributed by atoms with Gasteiger partial charge in [0.25, 0.3) is 0 Å². The standard InChI is InChI=1S/C10H20N2/c1-3-5-6-8-12-10(9-11)7-4-2/h10,12H,3-8H2,1-2H3. The molecule has 0 fully saturated rings. The Balaban J connectivity index is 3.27. The van der Waals surface area contributed by atoms with Gasteiger partial charge in [-0.25, -0.2) is 0 Å². The van der Waals surface area contributed by atoms with Crippen LogP contribution in [0, 0.1) is 11.3 Å². The Morgan fingerprint density at radius 3 is 2.50 bits per heavy atom. The molecule has 0 spiro atoms. The normalized spacial score (nSPS) is 12.4. The second-order valence-corrected chi connectivity index (χ2v) is 3.13. The van der Waals surface area contributed by atoms with Gasteiger partial charge in [0, 0.05) is 0 Å². The third-order valence-electron chi connectivity index (χ3n) is 1.90. The van der Waals surface area contributed by atoms with Crippen molar-refractivity contribution in [3.63, 3.8) is 0 Å². The zero-order valence-corrected chi connectivity index (χ0v) is 8.27. The molecule has 2 heteroatoms. The van der Waals surface area contributed by atoms with E-state index in [0.717, 1.165) is 19.4 Å². The highest BCUT2D eigenvalue weighted by Gasteiger charge is 2.02. The van der Waals surface area contributed by atoms with Crippen LogP contribution < -0.4 is 5.32 Å². The second kappa shape index (κ2) is 8.55. The number of nitrogens with zero attached hydrogens (tertiary/aromatic N) is 1. The highest BCUT2D eigenvalue weighted by atomic mass is 14.9. The maximum Gasteiger partial charge on any atom is 0.0952 e. The zero-order valence-electron chi connectivity index (χ0n) is 8.27. The first-order valence-corrected chi connectivity index (χ1v) is 4.98. The van der Waals surface area contributed by atoms with Gasteiger partial charge < -0.3 is 5.32 Å². The lowest BCUT2D eigenvalue weighted by atomic mass is 10.2. The van der Waals surface area contributed by atoms with E-state index in [1.165, 1.54) is 19.3 Å². The van der Waals surface area contributed by atoms with Gasteiger partial charge in [-0.15, -0.1) is 0 Å². The van der Waals surface area contributed by atoms with Gasteiger partial charge in [-0.2, -0.15) is 5.26 Å². The summed E-state index contributed by atoms with van der Waals surface area (Å²) in [6.07, 6.45) is 5.75. The molecule has 0 rings (SSSR count). The van der Waals surface area contributed by atoms with Crippen molar-refractivity contribution in [2.24, 2.45) is 0 Å². The quantitative estimate of drug-likeness (QED) is 0.593. The fourth-order valence-corrected chi connectivity index (χ4v) is 1.15. The molecule has 1 N–H and O–H groups in total. The van der Waals surface area contributed by atoms with E-state index in [-0.39, 0.29) is 6.04 Å². The first-order valence-electron chi connectivity index (χ1n) is 4.98. The van der Waals surface area contributed by atoms with Crippen molar-refractivity contribution in [1.29, 1.82) is 5.26 Å². The number of hydrogen-bond donors (Lipinski definition) is 1. The summed E-state index contributed by atoms with van der Waals surface area (Å²) in [5.41, 5.74) is 0. The van der Waals surface area contributed by atoms with Crippen LogP contribution in [0.1, 0.15) is 46.0 Å². The molecule has 0 aliphatic carbocycles. The van der Waals surface area contributed by atoms with Gasteiger partial charge in [0.05, 0.1) is 12.1 Å². The van der Waals surface area contributed by atoms with E-state index >= 15 is 0 Å². The van der Waals surface area contributed by atoms with Gasteiger partial charge in [0.1, 0.15) is 0 Å². The van der Waals surface area contributed by atoms with Crippen molar-refractivity contribution in [3.05, 3.63) is 0 Å². The van der Waals surface area contributed by atoms with Gasteiger partial charge >= 0.3 is 0 Å². The van der Waals surface area contributed by atoms with E-state index in [0.29, 0.717) is 0 Å². The van der Waals surface area contributed by atoms with Crippen molar-refractivity contribution in [3.8, 4) is 6.07 Å². The van der Waals surface area contributed by atoms with Crippen LogP contribution in [0.15, 0.2) is 0 Å². The molecule has 2 nitrogen and oxygen atoms in total. The molecular formula is C10H20N2. The van der Waals surface area contributed by atoms with Crippen LogP contribution in [0.25, 0.3) is 0 Å². The van der Waals surface area contributed by atoms with Gasteiger partial charge in [-0.3, -0.25) is 0 Å². The third kappa shape index (κ3) is 6.18. The molecule has 0 heterocycles. The van der Waals surface area contributed by atoms with Gasteiger partial charge in [0.15, 0.2) is 0 Å². The Hall–Kier alpha value is -0.550. The van der Waals surface area contributed by atoms with Crippen LogP contribution >= 0.6 is 0 Å². The molecule has 0 aliphatic rings. The summed E-state index contributed by atoms with van der Waals surface area (Å²) < 4.78 is 0. The summed E-state index contributed by atoms with van der Waals surface area (Å²) in [6.45, 7) is 5.29. The van der Waals surface area contributed by atoms with Crippen LogP contribution in [0.4, 0.5) is 0 Å². The predicted molar refractivity (Wildman–Crippen MR) is 51.8 cm³/mol. The van der Waals surface area contributed by atoms with Gasteiger partial charge in [0.2, 0.25) is 0 Å². The molecule has 0 aromatic heterocycles. The number of unbranched alkanes of at least 4 members (excludes halogenated alkanes) is 2. The topological polar surface area (TPSA) is 35.8 Å². The monoisotopic (exact) mass is 168 g/mol. The van der Waals surface area contributed by atoms with Gasteiger partial charge in [-0.05, 0) is 19.4 Å².